The van der Waals surface area contributed by atoms with Gasteiger partial charge in [-0.1, -0.05) is 11.6 Å². The number of fused-ring (bicyclic) bond motifs is 1. The van der Waals surface area contributed by atoms with Gasteiger partial charge in [0.2, 0.25) is 0 Å². The van der Waals surface area contributed by atoms with Crippen molar-refractivity contribution in [2.24, 2.45) is 5.73 Å². The largest absolute Gasteiger partial charge is 0.330 e. The van der Waals surface area contributed by atoms with Crippen molar-refractivity contribution < 1.29 is 0 Å². The standard InChI is InChI=1S/C10H11BrClN3/c1-6-9(2-3-13)15-5-7(11)4-8(12)10(15)14-6/h4-5H,2-3,13H2,1H3. The molecule has 0 amide bonds. The molecule has 3 nitrogen and oxygen atoms in total. The van der Waals surface area contributed by atoms with Crippen molar-refractivity contribution in [2.75, 3.05) is 6.54 Å². The number of nitrogens with two attached hydrogens (primary N) is 1. The highest BCUT2D eigenvalue weighted by Crippen LogP contribution is 2.24. The lowest BCUT2D eigenvalue weighted by Gasteiger charge is -2.02. The van der Waals surface area contributed by atoms with Crippen molar-refractivity contribution in [3.8, 4) is 0 Å². The summed E-state index contributed by atoms with van der Waals surface area (Å²) in [6, 6.07) is 1.84. The summed E-state index contributed by atoms with van der Waals surface area (Å²) in [5, 5.41) is 0.649. The van der Waals surface area contributed by atoms with Crippen LogP contribution in [0.15, 0.2) is 16.7 Å². The minimum Gasteiger partial charge on any atom is -0.330 e. The summed E-state index contributed by atoms with van der Waals surface area (Å²) in [5.74, 6) is 0. The van der Waals surface area contributed by atoms with E-state index in [9.17, 15) is 0 Å². The molecule has 0 fully saturated rings. The fourth-order valence-electron chi connectivity index (χ4n) is 1.67. The van der Waals surface area contributed by atoms with Gasteiger partial charge in [0.15, 0.2) is 5.65 Å². The van der Waals surface area contributed by atoms with E-state index in [4.69, 9.17) is 17.3 Å². The molecule has 5 heteroatoms. The third-order valence-electron chi connectivity index (χ3n) is 2.32. The molecule has 2 heterocycles. The second-order valence-electron chi connectivity index (χ2n) is 3.38. The number of aryl methyl sites for hydroxylation is 1. The van der Waals surface area contributed by atoms with Gasteiger partial charge in [-0.05, 0) is 35.5 Å². The van der Waals surface area contributed by atoms with E-state index in [1.165, 1.54) is 0 Å². The van der Waals surface area contributed by atoms with Gasteiger partial charge < -0.3 is 10.1 Å². The van der Waals surface area contributed by atoms with Crippen LogP contribution in [0.4, 0.5) is 0 Å². The van der Waals surface area contributed by atoms with Crippen molar-refractivity contribution in [1.82, 2.24) is 9.38 Å². The normalized spacial score (nSPS) is 11.2. The lowest BCUT2D eigenvalue weighted by molar-refractivity contribution is 0.892. The molecule has 0 saturated carbocycles. The predicted octanol–water partition coefficient (Wildman–Crippen LogP) is 2.56. The molecule has 0 aliphatic heterocycles. The molecule has 0 spiro atoms. The average molecular weight is 289 g/mol. The molecular formula is C10H11BrClN3. The predicted molar refractivity (Wildman–Crippen MR) is 65.4 cm³/mol. The maximum atomic E-state index is 6.10. The van der Waals surface area contributed by atoms with Crippen LogP contribution < -0.4 is 5.73 Å². The average Bonchev–Trinajstić information content (AvgIpc) is 2.46. The highest BCUT2D eigenvalue weighted by molar-refractivity contribution is 9.10. The molecule has 0 saturated heterocycles. The number of halogens is 2. The van der Waals surface area contributed by atoms with Crippen LogP contribution in [-0.2, 0) is 6.42 Å². The van der Waals surface area contributed by atoms with E-state index in [1.807, 2.05) is 23.6 Å². The fourth-order valence-corrected chi connectivity index (χ4v) is 2.49. The Balaban J connectivity index is 2.74. The summed E-state index contributed by atoms with van der Waals surface area (Å²) in [6.45, 7) is 2.58. The van der Waals surface area contributed by atoms with Crippen LogP contribution in [0.2, 0.25) is 5.02 Å². The molecule has 0 radical (unpaired) electrons. The minimum absolute atomic E-state index is 0.610. The van der Waals surface area contributed by atoms with Crippen molar-refractivity contribution in [3.63, 3.8) is 0 Å². The Bertz CT molecular complexity index is 507. The van der Waals surface area contributed by atoms with Crippen molar-refractivity contribution >= 4 is 33.2 Å². The highest BCUT2D eigenvalue weighted by Gasteiger charge is 2.11. The Morgan fingerprint density at radius 3 is 3.00 bits per heavy atom. The zero-order valence-corrected chi connectivity index (χ0v) is 10.6. The van der Waals surface area contributed by atoms with Crippen LogP contribution in [-0.4, -0.2) is 15.9 Å². The number of rotatable bonds is 2. The minimum atomic E-state index is 0.610. The molecule has 0 bridgehead atoms. The molecule has 0 atom stereocenters. The Labute approximate surface area is 101 Å². The maximum absolute atomic E-state index is 6.10. The summed E-state index contributed by atoms with van der Waals surface area (Å²) < 4.78 is 2.94. The van der Waals surface area contributed by atoms with Gasteiger partial charge in [-0.2, -0.15) is 0 Å². The molecule has 2 aromatic heterocycles. The first-order valence-electron chi connectivity index (χ1n) is 4.66. The second kappa shape index (κ2) is 4.12. The first-order valence-corrected chi connectivity index (χ1v) is 5.83. The number of aromatic nitrogens is 2. The molecule has 0 unspecified atom stereocenters. The van der Waals surface area contributed by atoms with Gasteiger partial charge in [-0.25, -0.2) is 4.98 Å². The van der Waals surface area contributed by atoms with Gasteiger partial charge in [0, 0.05) is 22.8 Å². The number of pyridine rings is 1. The smallest absolute Gasteiger partial charge is 0.156 e. The van der Waals surface area contributed by atoms with Gasteiger partial charge in [-0.3, -0.25) is 0 Å². The SMILES string of the molecule is Cc1nc2c(Cl)cc(Br)cn2c1CCN. The molecule has 80 valence electrons. The Kier molecular flexibility index (Phi) is 3.00. The third kappa shape index (κ3) is 1.89. The van der Waals surface area contributed by atoms with Crippen LogP contribution in [0.5, 0.6) is 0 Å². The van der Waals surface area contributed by atoms with Gasteiger partial charge in [-0.15, -0.1) is 0 Å². The van der Waals surface area contributed by atoms with E-state index in [0.717, 1.165) is 27.9 Å². The van der Waals surface area contributed by atoms with Gasteiger partial charge in [0.25, 0.3) is 0 Å². The van der Waals surface area contributed by atoms with Crippen molar-refractivity contribution in [1.29, 1.82) is 0 Å². The van der Waals surface area contributed by atoms with Crippen molar-refractivity contribution in [2.45, 2.75) is 13.3 Å². The third-order valence-corrected chi connectivity index (χ3v) is 3.03. The quantitative estimate of drug-likeness (QED) is 0.923. The lowest BCUT2D eigenvalue weighted by Crippen LogP contribution is -2.06. The molecule has 0 aliphatic rings. The topological polar surface area (TPSA) is 43.3 Å². The van der Waals surface area contributed by atoms with Crippen LogP contribution in [0, 0.1) is 6.92 Å². The number of imidazole rings is 1. The van der Waals surface area contributed by atoms with Gasteiger partial charge >= 0.3 is 0 Å². The van der Waals surface area contributed by atoms with Gasteiger partial charge in [0.05, 0.1) is 10.7 Å². The van der Waals surface area contributed by atoms with Crippen LogP contribution in [0.3, 0.4) is 0 Å². The number of hydrogen-bond donors (Lipinski definition) is 1. The van der Waals surface area contributed by atoms with Crippen molar-refractivity contribution in [3.05, 3.63) is 33.1 Å². The van der Waals surface area contributed by atoms with E-state index < -0.39 is 0 Å². The van der Waals surface area contributed by atoms with E-state index in [-0.39, 0.29) is 0 Å². The zero-order chi connectivity index (χ0) is 11.0. The van der Waals surface area contributed by atoms with Crippen LogP contribution in [0.1, 0.15) is 11.4 Å². The molecule has 0 aliphatic carbocycles. The molecule has 2 N–H and O–H groups in total. The van der Waals surface area contributed by atoms with Crippen LogP contribution in [0.25, 0.3) is 5.65 Å². The first-order chi connectivity index (χ1) is 7.13. The Morgan fingerprint density at radius 2 is 2.33 bits per heavy atom. The van der Waals surface area contributed by atoms with Gasteiger partial charge in [0.1, 0.15) is 0 Å². The highest BCUT2D eigenvalue weighted by atomic mass is 79.9. The summed E-state index contributed by atoms with van der Waals surface area (Å²) in [4.78, 5) is 4.43. The number of nitrogens with zero attached hydrogens (tertiary/aromatic N) is 2. The monoisotopic (exact) mass is 287 g/mol. The van der Waals surface area contributed by atoms with Crippen LogP contribution >= 0.6 is 27.5 Å². The Hall–Kier alpha value is -0.580. The molecule has 0 aromatic carbocycles. The first kappa shape index (κ1) is 10.9. The van der Waals surface area contributed by atoms with E-state index >= 15 is 0 Å². The second-order valence-corrected chi connectivity index (χ2v) is 4.71. The zero-order valence-electron chi connectivity index (χ0n) is 8.30. The maximum Gasteiger partial charge on any atom is 0.156 e. The van der Waals surface area contributed by atoms with E-state index in [2.05, 4.69) is 20.9 Å². The lowest BCUT2D eigenvalue weighted by atomic mass is 10.2. The fraction of sp³-hybridized carbons (Fsp3) is 0.300. The molecule has 15 heavy (non-hydrogen) atoms. The van der Waals surface area contributed by atoms with E-state index in [1.54, 1.807) is 0 Å². The number of hydrogen-bond acceptors (Lipinski definition) is 2. The molecule has 2 rings (SSSR count). The summed E-state index contributed by atoms with van der Waals surface area (Å²) >= 11 is 9.52. The summed E-state index contributed by atoms with van der Waals surface area (Å²) in [7, 11) is 0. The Morgan fingerprint density at radius 1 is 1.60 bits per heavy atom. The summed E-state index contributed by atoms with van der Waals surface area (Å²) in [6.07, 6.45) is 2.77. The summed E-state index contributed by atoms with van der Waals surface area (Å²) in [5.41, 5.74) is 8.47. The molecule has 2 aromatic rings. The van der Waals surface area contributed by atoms with E-state index in [0.29, 0.717) is 11.6 Å². The molecular weight excluding hydrogens is 277 g/mol.